The largest absolute Gasteiger partial charge is 0.416 e. The Morgan fingerprint density at radius 1 is 0.882 bits per heavy atom. The maximum atomic E-state index is 13.5. The molecule has 2 fully saturated rings. The van der Waals surface area contributed by atoms with Crippen LogP contribution in [-0.2, 0) is 28.5 Å². The minimum atomic E-state index is -4.94. The van der Waals surface area contributed by atoms with Crippen LogP contribution in [0.25, 0.3) is 0 Å². The summed E-state index contributed by atoms with van der Waals surface area (Å²) in [5.74, 6) is -0.851. The number of alkyl halides is 6. The molecule has 1 amide bonds. The van der Waals surface area contributed by atoms with Crippen molar-refractivity contribution in [2.75, 3.05) is 0 Å². The third-order valence-electron chi connectivity index (χ3n) is 6.56. The van der Waals surface area contributed by atoms with Crippen molar-refractivity contribution >= 4 is 5.91 Å². The monoisotopic (exact) mass is 489 g/mol. The molecule has 1 heterocycles. The fourth-order valence-corrected chi connectivity index (χ4v) is 5.04. The normalized spacial score (nSPS) is 25.6. The number of halogens is 7. The molecule has 0 aromatic heterocycles. The number of carbonyl (C=O) groups is 1. The van der Waals surface area contributed by atoms with Gasteiger partial charge in [-0.25, -0.2) is 4.39 Å². The molecule has 3 nitrogen and oxygen atoms in total. The molecule has 10 heteroatoms. The highest BCUT2D eigenvalue weighted by Crippen LogP contribution is 2.45. The van der Waals surface area contributed by atoms with Crippen molar-refractivity contribution in [3.05, 3.63) is 70.5 Å². The van der Waals surface area contributed by atoms with E-state index in [-0.39, 0.29) is 35.4 Å². The first-order valence-corrected chi connectivity index (χ1v) is 10.9. The minimum Gasteiger partial charge on any atom is -0.373 e. The molecule has 1 saturated heterocycles. The molecule has 1 saturated carbocycles. The van der Waals surface area contributed by atoms with Gasteiger partial charge in [-0.1, -0.05) is 12.1 Å². The SMILES string of the molecule is O=C1CCC([C@@H]2CC[C@H](OCc3cc(C(F)(F)F)cc(C(F)(F)F)c3)[C@H]2c2ccc(F)cc2)N1. The Morgan fingerprint density at radius 3 is 2.03 bits per heavy atom. The lowest BCUT2D eigenvalue weighted by molar-refractivity contribution is -0.143. The smallest absolute Gasteiger partial charge is 0.373 e. The lowest BCUT2D eigenvalue weighted by Crippen LogP contribution is -2.36. The van der Waals surface area contributed by atoms with Crippen molar-refractivity contribution in [3.63, 3.8) is 0 Å². The van der Waals surface area contributed by atoms with Crippen LogP contribution in [0.3, 0.4) is 0 Å². The second-order valence-corrected chi connectivity index (χ2v) is 8.79. The molecule has 4 rings (SSSR count). The van der Waals surface area contributed by atoms with Crippen LogP contribution in [0, 0.1) is 11.7 Å². The Bertz CT molecular complexity index is 1000. The summed E-state index contributed by atoms with van der Waals surface area (Å²) < 4.78 is 98.4. The summed E-state index contributed by atoms with van der Waals surface area (Å²) in [5, 5.41) is 2.93. The number of benzene rings is 2. The Hall–Kier alpha value is -2.62. The van der Waals surface area contributed by atoms with Gasteiger partial charge in [-0.3, -0.25) is 4.79 Å². The molecule has 184 valence electrons. The zero-order valence-corrected chi connectivity index (χ0v) is 17.8. The van der Waals surface area contributed by atoms with Gasteiger partial charge < -0.3 is 10.1 Å². The van der Waals surface area contributed by atoms with E-state index in [1.807, 2.05) is 0 Å². The molecular weight excluding hydrogens is 467 g/mol. The van der Waals surface area contributed by atoms with E-state index in [0.717, 1.165) is 5.56 Å². The molecule has 1 aliphatic carbocycles. The first kappa shape index (κ1) is 24.5. The summed E-state index contributed by atoms with van der Waals surface area (Å²) in [6.07, 6.45) is -8.24. The molecule has 0 spiro atoms. The molecule has 0 radical (unpaired) electrons. The molecule has 1 N–H and O–H groups in total. The van der Waals surface area contributed by atoms with Gasteiger partial charge in [0.1, 0.15) is 5.82 Å². The van der Waals surface area contributed by atoms with Crippen molar-refractivity contribution < 1.29 is 40.3 Å². The maximum absolute atomic E-state index is 13.5. The van der Waals surface area contributed by atoms with E-state index in [2.05, 4.69) is 5.32 Å². The van der Waals surface area contributed by atoms with Gasteiger partial charge in [-0.15, -0.1) is 0 Å². The van der Waals surface area contributed by atoms with E-state index in [9.17, 15) is 35.5 Å². The van der Waals surface area contributed by atoms with Crippen molar-refractivity contribution in [1.82, 2.24) is 5.32 Å². The summed E-state index contributed by atoms with van der Waals surface area (Å²) in [6.45, 7) is -0.445. The summed E-state index contributed by atoms with van der Waals surface area (Å²) in [5.41, 5.74) is -2.28. The number of hydrogen-bond donors (Lipinski definition) is 1. The predicted octanol–water partition coefficient (Wildman–Crippen LogP) is 6.22. The molecule has 34 heavy (non-hydrogen) atoms. The topological polar surface area (TPSA) is 38.3 Å². The van der Waals surface area contributed by atoms with E-state index in [0.29, 0.717) is 37.8 Å². The fourth-order valence-electron chi connectivity index (χ4n) is 5.04. The highest BCUT2D eigenvalue weighted by atomic mass is 19.4. The first-order valence-electron chi connectivity index (χ1n) is 10.9. The van der Waals surface area contributed by atoms with Gasteiger partial charge in [0.05, 0.1) is 23.8 Å². The van der Waals surface area contributed by atoms with Crippen molar-refractivity contribution in [1.29, 1.82) is 0 Å². The van der Waals surface area contributed by atoms with Gasteiger partial charge in [0.2, 0.25) is 5.91 Å². The summed E-state index contributed by atoms with van der Waals surface area (Å²) in [6, 6.07) is 7.04. The standard InChI is InChI=1S/C24H22F7NO2/c25-17-3-1-14(2-4-17)22-18(19-6-8-21(33)32-19)5-7-20(22)34-12-13-9-15(23(26,27)28)11-16(10-13)24(29,30)31/h1-4,9-11,18-20,22H,5-8,12H2,(H,32,33)/t18-,19?,20-,22-/m0/s1. The Kier molecular flexibility index (Phi) is 6.63. The van der Waals surface area contributed by atoms with Gasteiger partial charge in [-0.05, 0) is 66.6 Å². The van der Waals surface area contributed by atoms with Gasteiger partial charge >= 0.3 is 12.4 Å². The first-order chi connectivity index (χ1) is 15.9. The molecule has 1 unspecified atom stereocenters. The third-order valence-corrected chi connectivity index (χ3v) is 6.56. The van der Waals surface area contributed by atoms with Crippen LogP contribution in [0.4, 0.5) is 30.7 Å². The van der Waals surface area contributed by atoms with E-state index in [4.69, 9.17) is 4.74 Å². The van der Waals surface area contributed by atoms with E-state index >= 15 is 0 Å². The minimum absolute atomic E-state index is 0.0471. The van der Waals surface area contributed by atoms with Crippen molar-refractivity contribution in [3.8, 4) is 0 Å². The van der Waals surface area contributed by atoms with Crippen molar-refractivity contribution in [2.45, 2.75) is 62.7 Å². The van der Waals surface area contributed by atoms with E-state index in [1.54, 1.807) is 12.1 Å². The Morgan fingerprint density at radius 2 is 1.50 bits per heavy atom. The zero-order valence-electron chi connectivity index (χ0n) is 17.8. The number of amides is 1. The molecule has 2 aromatic carbocycles. The maximum Gasteiger partial charge on any atom is 0.416 e. The summed E-state index contributed by atoms with van der Waals surface area (Å²) in [7, 11) is 0. The Balaban J connectivity index is 1.59. The molecule has 1 aliphatic heterocycles. The van der Waals surface area contributed by atoms with Gasteiger partial charge in [0.25, 0.3) is 0 Å². The second-order valence-electron chi connectivity index (χ2n) is 8.79. The number of hydrogen-bond acceptors (Lipinski definition) is 2. The number of rotatable bonds is 5. The number of nitrogens with one attached hydrogen (secondary N) is 1. The summed E-state index contributed by atoms with van der Waals surface area (Å²) >= 11 is 0. The van der Waals surface area contributed by atoms with Crippen LogP contribution in [0.2, 0.25) is 0 Å². The Labute approximate surface area is 191 Å². The zero-order chi connectivity index (χ0) is 24.7. The van der Waals surface area contributed by atoms with E-state index < -0.39 is 42.0 Å². The third kappa shape index (κ3) is 5.37. The van der Waals surface area contributed by atoms with Gasteiger partial charge in [0.15, 0.2) is 0 Å². The summed E-state index contributed by atoms with van der Waals surface area (Å²) in [4.78, 5) is 11.7. The number of carbonyl (C=O) groups excluding carboxylic acids is 1. The highest BCUT2D eigenvalue weighted by Gasteiger charge is 2.44. The lowest BCUT2D eigenvalue weighted by atomic mass is 9.82. The molecular formula is C24H22F7NO2. The van der Waals surface area contributed by atoms with Crippen LogP contribution < -0.4 is 5.32 Å². The van der Waals surface area contributed by atoms with Crippen LogP contribution in [-0.4, -0.2) is 18.1 Å². The lowest BCUT2D eigenvalue weighted by Gasteiger charge is -2.29. The molecule has 2 aromatic rings. The number of ether oxygens (including phenoxy) is 1. The molecule has 4 atom stereocenters. The highest BCUT2D eigenvalue weighted by molar-refractivity contribution is 5.78. The average Bonchev–Trinajstić information content (AvgIpc) is 3.37. The van der Waals surface area contributed by atoms with Crippen LogP contribution in [0.15, 0.2) is 42.5 Å². The van der Waals surface area contributed by atoms with E-state index in [1.165, 1.54) is 12.1 Å². The quantitative estimate of drug-likeness (QED) is 0.507. The van der Waals surface area contributed by atoms with Crippen LogP contribution in [0.5, 0.6) is 0 Å². The van der Waals surface area contributed by atoms with Gasteiger partial charge in [-0.2, -0.15) is 26.3 Å². The molecule has 0 bridgehead atoms. The average molecular weight is 489 g/mol. The van der Waals surface area contributed by atoms with Crippen LogP contribution >= 0.6 is 0 Å². The van der Waals surface area contributed by atoms with Crippen molar-refractivity contribution in [2.24, 2.45) is 5.92 Å². The van der Waals surface area contributed by atoms with Gasteiger partial charge in [0, 0.05) is 18.4 Å². The predicted molar refractivity (Wildman–Crippen MR) is 108 cm³/mol. The fraction of sp³-hybridized carbons (Fsp3) is 0.458. The second kappa shape index (κ2) is 9.20. The van der Waals surface area contributed by atoms with Crippen LogP contribution in [0.1, 0.15) is 53.9 Å². The molecule has 2 aliphatic rings.